The summed E-state index contributed by atoms with van der Waals surface area (Å²) < 4.78 is 2.02. The molecular formula is C18H25N3. The first-order chi connectivity index (χ1) is 10.3. The molecule has 112 valence electrons. The summed E-state index contributed by atoms with van der Waals surface area (Å²) >= 11 is 0. The molecule has 0 aliphatic heterocycles. The molecule has 0 radical (unpaired) electrons. The van der Waals surface area contributed by atoms with Crippen molar-refractivity contribution in [2.75, 3.05) is 6.54 Å². The SMILES string of the molecule is CCn1cc(CC(CNC2CC2)Cc2ccccc2)cn1. The minimum atomic E-state index is 0.641. The first-order valence-electron chi connectivity index (χ1n) is 8.12. The zero-order chi connectivity index (χ0) is 14.5. The van der Waals surface area contributed by atoms with Gasteiger partial charge in [-0.15, -0.1) is 0 Å². The van der Waals surface area contributed by atoms with Crippen LogP contribution in [0.15, 0.2) is 42.7 Å². The van der Waals surface area contributed by atoms with Gasteiger partial charge in [-0.3, -0.25) is 4.68 Å². The minimum Gasteiger partial charge on any atom is -0.314 e. The van der Waals surface area contributed by atoms with Crippen LogP contribution in [0.5, 0.6) is 0 Å². The summed E-state index contributed by atoms with van der Waals surface area (Å²) in [4.78, 5) is 0. The Balaban J connectivity index is 1.62. The molecule has 1 aromatic carbocycles. The highest BCUT2D eigenvalue weighted by molar-refractivity contribution is 5.16. The standard InChI is InChI=1S/C18H25N3/c1-2-21-14-17(13-20-21)11-16(12-19-18-8-9-18)10-15-6-4-3-5-7-15/h3-7,13-14,16,18-19H,2,8-12H2,1H3. The third-order valence-electron chi connectivity index (χ3n) is 4.17. The fourth-order valence-corrected chi connectivity index (χ4v) is 2.80. The van der Waals surface area contributed by atoms with E-state index in [-0.39, 0.29) is 0 Å². The molecule has 1 aromatic heterocycles. The summed E-state index contributed by atoms with van der Waals surface area (Å²) in [5.41, 5.74) is 2.79. The van der Waals surface area contributed by atoms with Gasteiger partial charge in [-0.1, -0.05) is 30.3 Å². The molecule has 1 saturated carbocycles. The van der Waals surface area contributed by atoms with Crippen molar-refractivity contribution in [3.05, 3.63) is 53.9 Å². The third kappa shape index (κ3) is 4.43. The summed E-state index contributed by atoms with van der Waals surface area (Å²) in [6, 6.07) is 11.6. The maximum Gasteiger partial charge on any atom is 0.0521 e. The van der Waals surface area contributed by atoms with Gasteiger partial charge in [0.1, 0.15) is 0 Å². The van der Waals surface area contributed by atoms with Gasteiger partial charge in [-0.05, 0) is 56.2 Å². The number of nitrogens with one attached hydrogen (secondary N) is 1. The Morgan fingerprint density at radius 1 is 1.19 bits per heavy atom. The van der Waals surface area contributed by atoms with Crippen molar-refractivity contribution in [1.29, 1.82) is 0 Å². The maximum atomic E-state index is 4.40. The molecule has 0 spiro atoms. The number of aromatic nitrogens is 2. The van der Waals surface area contributed by atoms with E-state index in [0.717, 1.165) is 32.0 Å². The van der Waals surface area contributed by atoms with E-state index in [0.29, 0.717) is 5.92 Å². The van der Waals surface area contributed by atoms with Crippen LogP contribution in [-0.2, 0) is 19.4 Å². The Hall–Kier alpha value is -1.61. The molecule has 1 atom stereocenters. The Bertz CT molecular complexity index is 543. The monoisotopic (exact) mass is 283 g/mol. The number of hydrogen-bond donors (Lipinski definition) is 1. The summed E-state index contributed by atoms with van der Waals surface area (Å²) in [5, 5.41) is 8.09. The molecule has 0 bridgehead atoms. The first-order valence-corrected chi connectivity index (χ1v) is 8.12. The molecular weight excluding hydrogens is 258 g/mol. The van der Waals surface area contributed by atoms with Crippen LogP contribution in [0.4, 0.5) is 0 Å². The van der Waals surface area contributed by atoms with Gasteiger partial charge < -0.3 is 5.32 Å². The topological polar surface area (TPSA) is 29.9 Å². The quantitative estimate of drug-likeness (QED) is 0.807. The lowest BCUT2D eigenvalue weighted by Crippen LogP contribution is -2.27. The lowest BCUT2D eigenvalue weighted by molar-refractivity contribution is 0.468. The Morgan fingerprint density at radius 2 is 1.95 bits per heavy atom. The normalized spacial score (nSPS) is 16.0. The van der Waals surface area contributed by atoms with E-state index in [1.54, 1.807) is 0 Å². The summed E-state index contributed by atoms with van der Waals surface area (Å²) in [6.45, 7) is 4.19. The Morgan fingerprint density at radius 3 is 2.62 bits per heavy atom. The molecule has 1 heterocycles. The van der Waals surface area contributed by atoms with Gasteiger partial charge >= 0.3 is 0 Å². The van der Waals surface area contributed by atoms with Gasteiger partial charge in [-0.25, -0.2) is 0 Å². The van der Waals surface area contributed by atoms with E-state index in [1.807, 2.05) is 10.9 Å². The summed E-state index contributed by atoms with van der Waals surface area (Å²) in [6.07, 6.45) is 9.16. The summed E-state index contributed by atoms with van der Waals surface area (Å²) in [7, 11) is 0. The molecule has 1 fully saturated rings. The van der Waals surface area contributed by atoms with E-state index >= 15 is 0 Å². The largest absolute Gasteiger partial charge is 0.314 e. The molecule has 0 amide bonds. The van der Waals surface area contributed by atoms with Crippen LogP contribution in [0.25, 0.3) is 0 Å². The van der Waals surface area contributed by atoms with E-state index in [9.17, 15) is 0 Å². The molecule has 3 heteroatoms. The minimum absolute atomic E-state index is 0.641. The van der Waals surface area contributed by atoms with Crippen LogP contribution in [0.2, 0.25) is 0 Å². The number of hydrogen-bond acceptors (Lipinski definition) is 2. The second kappa shape index (κ2) is 6.90. The first kappa shape index (κ1) is 14.3. The lowest BCUT2D eigenvalue weighted by Gasteiger charge is -2.17. The van der Waals surface area contributed by atoms with Crippen molar-refractivity contribution >= 4 is 0 Å². The zero-order valence-corrected chi connectivity index (χ0v) is 12.8. The molecule has 1 N–H and O–H groups in total. The van der Waals surface area contributed by atoms with E-state index in [4.69, 9.17) is 0 Å². The van der Waals surface area contributed by atoms with Crippen molar-refractivity contribution < 1.29 is 0 Å². The van der Waals surface area contributed by atoms with Crippen LogP contribution in [-0.4, -0.2) is 22.4 Å². The van der Waals surface area contributed by atoms with Crippen LogP contribution in [0.1, 0.15) is 30.9 Å². The molecule has 1 aliphatic carbocycles. The van der Waals surface area contributed by atoms with Crippen molar-refractivity contribution in [3.63, 3.8) is 0 Å². The van der Waals surface area contributed by atoms with E-state index in [1.165, 1.54) is 24.0 Å². The van der Waals surface area contributed by atoms with Gasteiger partial charge in [0.25, 0.3) is 0 Å². The number of benzene rings is 1. The fourth-order valence-electron chi connectivity index (χ4n) is 2.80. The number of rotatable bonds is 8. The van der Waals surface area contributed by atoms with Crippen molar-refractivity contribution in [3.8, 4) is 0 Å². The molecule has 0 saturated heterocycles. The molecule has 3 rings (SSSR count). The van der Waals surface area contributed by atoms with Gasteiger partial charge in [-0.2, -0.15) is 5.10 Å². The molecule has 1 unspecified atom stereocenters. The average Bonchev–Trinajstić information content (AvgIpc) is 3.24. The molecule has 2 aromatic rings. The summed E-state index contributed by atoms with van der Waals surface area (Å²) in [5.74, 6) is 0.641. The molecule has 3 nitrogen and oxygen atoms in total. The predicted molar refractivity (Wildman–Crippen MR) is 86.3 cm³/mol. The fraction of sp³-hybridized carbons (Fsp3) is 0.500. The van der Waals surface area contributed by atoms with Crippen LogP contribution >= 0.6 is 0 Å². The van der Waals surface area contributed by atoms with Crippen molar-refractivity contribution in [1.82, 2.24) is 15.1 Å². The number of aryl methyl sites for hydroxylation is 1. The van der Waals surface area contributed by atoms with Crippen LogP contribution < -0.4 is 5.32 Å². The maximum absolute atomic E-state index is 4.40. The Kier molecular flexibility index (Phi) is 4.71. The predicted octanol–water partition coefficient (Wildman–Crippen LogP) is 3.06. The van der Waals surface area contributed by atoms with E-state index < -0.39 is 0 Å². The second-order valence-electron chi connectivity index (χ2n) is 6.15. The van der Waals surface area contributed by atoms with Crippen molar-refractivity contribution in [2.24, 2.45) is 5.92 Å². The highest BCUT2D eigenvalue weighted by Gasteiger charge is 2.22. The van der Waals surface area contributed by atoms with E-state index in [2.05, 4.69) is 53.9 Å². The van der Waals surface area contributed by atoms with Gasteiger partial charge in [0.2, 0.25) is 0 Å². The lowest BCUT2D eigenvalue weighted by atomic mass is 9.93. The average molecular weight is 283 g/mol. The van der Waals surface area contributed by atoms with Crippen LogP contribution in [0, 0.1) is 5.92 Å². The second-order valence-corrected chi connectivity index (χ2v) is 6.15. The highest BCUT2D eigenvalue weighted by Crippen LogP contribution is 2.20. The van der Waals surface area contributed by atoms with Gasteiger partial charge in [0, 0.05) is 18.8 Å². The Labute approximate surface area is 127 Å². The number of nitrogens with zero attached hydrogens (tertiary/aromatic N) is 2. The molecule has 1 aliphatic rings. The smallest absolute Gasteiger partial charge is 0.0521 e. The highest BCUT2D eigenvalue weighted by atomic mass is 15.3. The molecule has 21 heavy (non-hydrogen) atoms. The zero-order valence-electron chi connectivity index (χ0n) is 12.8. The van der Waals surface area contributed by atoms with Gasteiger partial charge in [0.05, 0.1) is 6.20 Å². The van der Waals surface area contributed by atoms with Crippen LogP contribution in [0.3, 0.4) is 0 Å². The van der Waals surface area contributed by atoms with Gasteiger partial charge in [0.15, 0.2) is 0 Å². The third-order valence-corrected chi connectivity index (χ3v) is 4.17. The van der Waals surface area contributed by atoms with Crippen molar-refractivity contribution in [2.45, 2.75) is 45.2 Å².